The topological polar surface area (TPSA) is 96.8 Å². The molecule has 0 spiro atoms. The summed E-state index contributed by atoms with van der Waals surface area (Å²) in [6.07, 6.45) is 1.39. The molecule has 0 radical (unpaired) electrons. The van der Waals surface area contributed by atoms with Crippen LogP contribution in [0.5, 0.6) is 0 Å². The van der Waals surface area contributed by atoms with Gasteiger partial charge in [-0.05, 0) is 12.5 Å². The van der Waals surface area contributed by atoms with E-state index in [0.29, 0.717) is 35.3 Å². The molecule has 0 amide bonds. The van der Waals surface area contributed by atoms with Crippen molar-refractivity contribution in [1.82, 2.24) is 9.97 Å². The number of allylic oxidation sites excluding steroid dienone is 1. The molecule has 1 unspecified atom stereocenters. The highest BCUT2D eigenvalue weighted by molar-refractivity contribution is 5.69. The molecule has 0 bridgehead atoms. The Morgan fingerprint density at radius 1 is 1.32 bits per heavy atom. The largest absolute Gasteiger partial charge is 0.479 e. The molecular formula is C16H15N5O. The Morgan fingerprint density at radius 3 is 2.77 bits per heavy atom. The van der Waals surface area contributed by atoms with Crippen LogP contribution in [0.15, 0.2) is 48.1 Å². The molecule has 22 heavy (non-hydrogen) atoms. The van der Waals surface area contributed by atoms with Crippen molar-refractivity contribution in [2.75, 3.05) is 17.7 Å². The molecule has 6 heteroatoms. The Morgan fingerprint density at radius 2 is 2.09 bits per heavy atom. The zero-order valence-corrected chi connectivity index (χ0v) is 12.1. The summed E-state index contributed by atoms with van der Waals surface area (Å²) in [4.78, 5) is 8.29. The molecule has 0 saturated heterocycles. The molecule has 2 heterocycles. The molecule has 110 valence electrons. The van der Waals surface area contributed by atoms with Crippen molar-refractivity contribution in [3.63, 3.8) is 0 Å². The number of nitriles is 1. The molecule has 3 rings (SSSR count). The lowest BCUT2D eigenvalue weighted by Crippen LogP contribution is -2.22. The van der Waals surface area contributed by atoms with E-state index in [-0.39, 0.29) is 5.92 Å². The lowest BCUT2D eigenvalue weighted by molar-refractivity contribution is 0.229. The first kappa shape index (κ1) is 13.9. The molecular weight excluding hydrogens is 278 g/mol. The van der Waals surface area contributed by atoms with E-state index in [2.05, 4.69) is 21.4 Å². The number of benzene rings is 1. The SMILES string of the molecule is CCOC1=C(C#N)C(c2ccccc2)c2c(N)ncnc2N1. The first-order valence-electron chi connectivity index (χ1n) is 6.95. The summed E-state index contributed by atoms with van der Waals surface area (Å²) in [7, 11) is 0. The van der Waals surface area contributed by atoms with Crippen molar-refractivity contribution >= 4 is 11.6 Å². The van der Waals surface area contributed by atoms with Crippen molar-refractivity contribution in [1.29, 1.82) is 5.26 Å². The number of ether oxygens (including phenoxy) is 1. The molecule has 2 aromatic rings. The number of nitrogens with zero attached hydrogens (tertiary/aromatic N) is 3. The highest BCUT2D eigenvalue weighted by atomic mass is 16.5. The normalized spacial score (nSPS) is 16.5. The fraction of sp³-hybridized carbons (Fsp3) is 0.188. The van der Waals surface area contributed by atoms with Gasteiger partial charge >= 0.3 is 0 Å². The molecule has 0 fully saturated rings. The van der Waals surface area contributed by atoms with Gasteiger partial charge in [-0.2, -0.15) is 5.26 Å². The van der Waals surface area contributed by atoms with Crippen molar-refractivity contribution < 1.29 is 4.74 Å². The van der Waals surface area contributed by atoms with Crippen molar-refractivity contribution in [2.24, 2.45) is 0 Å². The minimum Gasteiger partial charge on any atom is -0.479 e. The van der Waals surface area contributed by atoms with Crippen LogP contribution in [0.25, 0.3) is 0 Å². The summed E-state index contributed by atoms with van der Waals surface area (Å²) >= 11 is 0. The fourth-order valence-corrected chi connectivity index (χ4v) is 2.60. The molecule has 0 aliphatic carbocycles. The van der Waals surface area contributed by atoms with Gasteiger partial charge in [-0.15, -0.1) is 0 Å². The number of nitrogens with two attached hydrogens (primary N) is 1. The van der Waals surface area contributed by atoms with Crippen LogP contribution >= 0.6 is 0 Å². The second kappa shape index (κ2) is 5.74. The van der Waals surface area contributed by atoms with E-state index in [1.165, 1.54) is 6.33 Å². The van der Waals surface area contributed by atoms with Crippen LogP contribution in [0.2, 0.25) is 0 Å². The fourth-order valence-electron chi connectivity index (χ4n) is 2.60. The van der Waals surface area contributed by atoms with Crippen LogP contribution in [0.4, 0.5) is 11.6 Å². The van der Waals surface area contributed by atoms with Gasteiger partial charge in [0.25, 0.3) is 0 Å². The number of aromatic nitrogens is 2. The van der Waals surface area contributed by atoms with Gasteiger partial charge in [0.15, 0.2) is 0 Å². The summed E-state index contributed by atoms with van der Waals surface area (Å²) in [6, 6.07) is 11.9. The monoisotopic (exact) mass is 293 g/mol. The van der Waals surface area contributed by atoms with Gasteiger partial charge in [-0.1, -0.05) is 30.3 Å². The van der Waals surface area contributed by atoms with Crippen LogP contribution < -0.4 is 11.1 Å². The van der Waals surface area contributed by atoms with Crippen molar-refractivity contribution in [3.8, 4) is 6.07 Å². The molecule has 1 aliphatic heterocycles. The standard InChI is InChI=1S/C16H15N5O/c1-2-22-16-11(8-17)12(10-6-4-3-5-7-10)13-14(18)19-9-20-15(13)21-16/h3-7,9,12H,2H2,1H3,(H3,18,19,20,21). The molecule has 1 aromatic carbocycles. The van der Waals surface area contributed by atoms with E-state index < -0.39 is 0 Å². The number of hydrogen-bond donors (Lipinski definition) is 2. The number of nitrogen functional groups attached to an aromatic ring is 1. The first-order valence-corrected chi connectivity index (χ1v) is 6.95. The summed E-state index contributed by atoms with van der Waals surface area (Å²) in [5.41, 5.74) is 8.16. The molecule has 0 saturated carbocycles. The lowest BCUT2D eigenvalue weighted by atomic mass is 9.84. The predicted octanol–water partition coefficient (Wildman–Crippen LogP) is 2.39. The maximum absolute atomic E-state index is 9.63. The van der Waals surface area contributed by atoms with Crippen molar-refractivity contribution in [3.05, 3.63) is 59.2 Å². The molecule has 1 aliphatic rings. The number of nitrogens with one attached hydrogen (secondary N) is 1. The van der Waals surface area contributed by atoms with Crippen LogP contribution in [0.3, 0.4) is 0 Å². The number of hydrogen-bond acceptors (Lipinski definition) is 6. The zero-order chi connectivity index (χ0) is 15.5. The minimum atomic E-state index is -0.342. The third-order valence-corrected chi connectivity index (χ3v) is 3.51. The minimum absolute atomic E-state index is 0.342. The summed E-state index contributed by atoms with van der Waals surface area (Å²) < 4.78 is 5.58. The molecule has 6 nitrogen and oxygen atoms in total. The van der Waals surface area contributed by atoms with E-state index in [4.69, 9.17) is 10.5 Å². The molecule has 1 aromatic heterocycles. The zero-order valence-electron chi connectivity index (χ0n) is 12.1. The Bertz CT molecular complexity index is 764. The lowest BCUT2D eigenvalue weighted by Gasteiger charge is -2.28. The summed E-state index contributed by atoms with van der Waals surface area (Å²) in [6.45, 7) is 2.32. The second-order valence-corrected chi connectivity index (χ2v) is 4.78. The molecule has 1 atom stereocenters. The summed E-state index contributed by atoms with van der Waals surface area (Å²) in [5.74, 6) is 1.01. The van der Waals surface area contributed by atoms with Gasteiger partial charge in [-0.3, -0.25) is 0 Å². The van der Waals surface area contributed by atoms with Crippen molar-refractivity contribution in [2.45, 2.75) is 12.8 Å². The molecule has 3 N–H and O–H groups in total. The number of fused-ring (bicyclic) bond motifs is 1. The van der Waals surface area contributed by atoms with E-state index in [1.54, 1.807) is 0 Å². The van der Waals surface area contributed by atoms with Gasteiger partial charge in [0.1, 0.15) is 29.6 Å². The predicted molar refractivity (Wildman–Crippen MR) is 82.6 cm³/mol. The van der Waals surface area contributed by atoms with Crippen LogP contribution in [-0.4, -0.2) is 16.6 Å². The van der Waals surface area contributed by atoms with E-state index in [1.807, 2.05) is 37.3 Å². The van der Waals surface area contributed by atoms with Gasteiger partial charge in [0.2, 0.25) is 5.88 Å². The van der Waals surface area contributed by atoms with E-state index >= 15 is 0 Å². The van der Waals surface area contributed by atoms with E-state index in [0.717, 1.165) is 5.56 Å². The second-order valence-electron chi connectivity index (χ2n) is 4.78. The first-order chi connectivity index (χ1) is 10.8. The third kappa shape index (κ3) is 2.23. The van der Waals surface area contributed by atoms with Crippen LogP contribution in [-0.2, 0) is 4.74 Å². The average Bonchev–Trinajstić information content (AvgIpc) is 2.55. The Labute approximate surface area is 128 Å². The third-order valence-electron chi connectivity index (χ3n) is 3.51. The Hall–Kier alpha value is -3.07. The number of anilines is 2. The van der Waals surface area contributed by atoms with Gasteiger partial charge in [0, 0.05) is 5.56 Å². The van der Waals surface area contributed by atoms with E-state index in [9.17, 15) is 5.26 Å². The van der Waals surface area contributed by atoms with Crippen LogP contribution in [0.1, 0.15) is 24.0 Å². The highest BCUT2D eigenvalue weighted by Crippen LogP contribution is 2.42. The van der Waals surface area contributed by atoms with Gasteiger partial charge < -0.3 is 15.8 Å². The maximum Gasteiger partial charge on any atom is 0.207 e. The van der Waals surface area contributed by atoms with Crippen LogP contribution in [0, 0.1) is 11.3 Å². The smallest absolute Gasteiger partial charge is 0.207 e. The maximum atomic E-state index is 9.63. The summed E-state index contributed by atoms with van der Waals surface area (Å²) in [5, 5.41) is 12.7. The number of rotatable bonds is 3. The highest BCUT2D eigenvalue weighted by Gasteiger charge is 2.33. The Kier molecular flexibility index (Phi) is 3.62. The Balaban J connectivity index is 2.24. The van der Waals surface area contributed by atoms with Gasteiger partial charge in [0.05, 0.1) is 12.5 Å². The van der Waals surface area contributed by atoms with Gasteiger partial charge in [-0.25, -0.2) is 9.97 Å². The average molecular weight is 293 g/mol. The quantitative estimate of drug-likeness (QED) is 0.901.